The van der Waals surface area contributed by atoms with E-state index in [-0.39, 0.29) is 12.5 Å². The Hall–Kier alpha value is -0.600. The maximum absolute atomic E-state index is 11.2. The molecule has 0 aromatic carbocycles. The second kappa shape index (κ2) is 12.3. The molecule has 1 aliphatic carbocycles. The number of ether oxygens (including phenoxy) is 5. The number of nitrogens with one attached hydrogen (secondary N) is 2. The zero-order chi connectivity index (χ0) is 27.0. The van der Waals surface area contributed by atoms with Crippen molar-refractivity contribution in [3.05, 3.63) is 0 Å². The lowest BCUT2D eigenvalue weighted by atomic mass is 9.86. The summed E-state index contributed by atoms with van der Waals surface area (Å²) in [5.74, 6) is 0. The minimum atomic E-state index is -1.45. The van der Waals surface area contributed by atoms with Gasteiger partial charge in [-0.05, 0) is 33.4 Å². The number of aliphatic hydroxyl groups excluding tert-OH is 5. The molecule has 3 aliphatic heterocycles. The number of hydrogen-bond donors (Lipinski definition) is 10. The van der Waals surface area contributed by atoms with Crippen LogP contribution >= 0.6 is 0 Å². The van der Waals surface area contributed by atoms with Crippen molar-refractivity contribution in [1.82, 2.24) is 10.6 Å². The van der Waals surface area contributed by atoms with E-state index in [2.05, 4.69) is 10.6 Å². The molecule has 13 N–H and O–H groups in total. The van der Waals surface area contributed by atoms with Crippen molar-refractivity contribution in [2.45, 2.75) is 117 Å². The van der Waals surface area contributed by atoms with Crippen LogP contribution in [0.15, 0.2) is 0 Å². The predicted molar refractivity (Wildman–Crippen MR) is 127 cm³/mol. The second-order valence-corrected chi connectivity index (χ2v) is 10.4. The first-order valence-electron chi connectivity index (χ1n) is 12.8. The maximum atomic E-state index is 11.2. The molecule has 0 amide bonds. The van der Waals surface area contributed by atoms with Crippen LogP contribution in [0.25, 0.3) is 0 Å². The molecule has 4 rings (SSSR count). The third-order valence-electron chi connectivity index (χ3n) is 7.85. The lowest BCUT2D eigenvalue weighted by Crippen LogP contribution is -2.70. The largest absolute Gasteiger partial charge is 0.394 e. The number of hydrogen-bond acceptors (Lipinski definition) is 15. The number of aliphatic hydroxyl groups is 5. The van der Waals surface area contributed by atoms with Gasteiger partial charge < -0.3 is 77.1 Å². The van der Waals surface area contributed by atoms with Crippen molar-refractivity contribution in [2.24, 2.45) is 17.2 Å². The predicted octanol–water partition coefficient (Wildman–Crippen LogP) is -5.66. The quantitative estimate of drug-likeness (QED) is 0.145. The van der Waals surface area contributed by atoms with Crippen LogP contribution in [0.1, 0.15) is 19.3 Å². The molecule has 0 bridgehead atoms. The minimum absolute atomic E-state index is 0.221. The molecule has 3 heterocycles. The molecule has 216 valence electrons. The first kappa shape index (κ1) is 29.4. The van der Waals surface area contributed by atoms with E-state index in [1.807, 2.05) is 0 Å². The third kappa shape index (κ3) is 5.96. The molecule has 15 heteroatoms. The van der Waals surface area contributed by atoms with E-state index >= 15 is 0 Å². The summed E-state index contributed by atoms with van der Waals surface area (Å²) >= 11 is 0. The molecule has 10 unspecified atom stereocenters. The molecule has 0 aromatic rings. The highest BCUT2D eigenvalue weighted by molar-refractivity contribution is 5.00. The smallest absolute Gasteiger partial charge is 0.189 e. The fourth-order valence-electron chi connectivity index (χ4n) is 5.81. The highest BCUT2D eigenvalue weighted by Crippen LogP contribution is 2.35. The Morgan fingerprint density at radius 3 is 2.08 bits per heavy atom. The number of likely N-dealkylation sites (N-methyl/N-ethyl adjacent to an activating group) is 2. The van der Waals surface area contributed by atoms with Crippen molar-refractivity contribution in [1.29, 1.82) is 0 Å². The SMILES string of the molecule is CNC1C(O[C@H]2OC(CO)[C@@H](NC)C(O)C2O)O[C@H]2CC(N)[C@@H](O[C@@H]3C(N)C[C@@H](N)CC3O)OC2C1O. The average Bonchev–Trinajstić information content (AvgIpc) is 2.84. The molecule has 15 nitrogen and oxygen atoms in total. The van der Waals surface area contributed by atoms with Gasteiger partial charge in [-0.2, -0.15) is 0 Å². The number of nitrogens with two attached hydrogens (primary N) is 3. The van der Waals surface area contributed by atoms with Crippen LogP contribution in [0.5, 0.6) is 0 Å². The lowest BCUT2D eigenvalue weighted by Gasteiger charge is -2.51. The van der Waals surface area contributed by atoms with Gasteiger partial charge in [-0.3, -0.25) is 0 Å². The molecule has 3 saturated heterocycles. The van der Waals surface area contributed by atoms with E-state index in [9.17, 15) is 25.5 Å². The van der Waals surface area contributed by atoms with E-state index < -0.39 is 98.5 Å². The van der Waals surface area contributed by atoms with Gasteiger partial charge in [0.05, 0.1) is 36.9 Å². The van der Waals surface area contributed by atoms with Crippen LogP contribution in [0, 0.1) is 0 Å². The zero-order valence-electron chi connectivity index (χ0n) is 21.1. The maximum Gasteiger partial charge on any atom is 0.189 e. The Bertz CT molecular complexity index is 728. The van der Waals surface area contributed by atoms with Gasteiger partial charge in [0.1, 0.15) is 36.6 Å². The summed E-state index contributed by atoms with van der Waals surface area (Å²) in [7, 11) is 3.17. The molecule has 16 atom stereocenters. The van der Waals surface area contributed by atoms with Gasteiger partial charge in [0.2, 0.25) is 0 Å². The first-order chi connectivity index (χ1) is 17.6. The van der Waals surface area contributed by atoms with Crippen LogP contribution in [0.3, 0.4) is 0 Å². The molecule has 0 aromatic heterocycles. The molecule has 37 heavy (non-hydrogen) atoms. The van der Waals surface area contributed by atoms with Gasteiger partial charge in [0.15, 0.2) is 18.9 Å². The Balaban J connectivity index is 1.43. The summed E-state index contributed by atoms with van der Waals surface area (Å²) in [4.78, 5) is 0. The van der Waals surface area contributed by atoms with E-state index in [1.54, 1.807) is 14.1 Å². The molecular weight excluding hydrogens is 494 g/mol. The van der Waals surface area contributed by atoms with Crippen LogP contribution < -0.4 is 27.8 Å². The third-order valence-corrected chi connectivity index (χ3v) is 7.85. The summed E-state index contributed by atoms with van der Waals surface area (Å²) < 4.78 is 29.7. The summed E-state index contributed by atoms with van der Waals surface area (Å²) in [5, 5.41) is 58.1. The highest BCUT2D eigenvalue weighted by atomic mass is 16.8. The van der Waals surface area contributed by atoms with E-state index in [0.29, 0.717) is 12.8 Å². The Labute approximate surface area is 215 Å². The van der Waals surface area contributed by atoms with Crippen LogP contribution in [0.4, 0.5) is 0 Å². The summed E-state index contributed by atoms with van der Waals surface area (Å²) in [5.41, 5.74) is 18.4. The minimum Gasteiger partial charge on any atom is -0.394 e. The van der Waals surface area contributed by atoms with Crippen molar-refractivity contribution in [3.63, 3.8) is 0 Å². The molecule has 1 saturated carbocycles. The van der Waals surface area contributed by atoms with Gasteiger partial charge in [0.25, 0.3) is 0 Å². The molecule has 4 aliphatic rings. The zero-order valence-corrected chi connectivity index (χ0v) is 21.1. The molecule has 0 radical (unpaired) electrons. The topological polar surface area (TPSA) is 249 Å². The van der Waals surface area contributed by atoms with Crippen molar-refractivity contribution in [3.8, 4) is 0 Å². The van der Waals surface area contributed by atoms with Crippen molar-refractivity contribution in [2.75, 3.05) is 20.7 Å². The number of rotatable bonds is 7. The molecule has 4 fully saturated rings. The Kier molecular flexibility index (Phi) is 9.75. The Morgan fingerprint density at radius 2 is 1.46 bits per heavy atom. The van der Waals surface area contributed by atoms with Gasteiger partial charge in [-0.25, -0.2) is 0 Å². The van der Waals surface area contributed by atoms with Crippen LogP contribution in [-0.2, 0) is 23.7 Å². The summed E-state index contributed by atoms with van der Waals surface area (Å²) in [6, 6.07) is -2.91. The Morgan fingerprint density at radius 1 is 0.757 bits per heavy atom. The van der Waals surface area contributed by atoms with Crippen molar-refractivity contribution < 1.29 is 49.2 Å². The highest BCUT2D eigenvalue weighted by Gasteiger charge is 2.54. The first-order valence-corrected chi connectivity index (χ1v) is 12.8. The van der Waals surface area contributed by atoms with Crippen molar-refractivity contribution >= 4 is 0 Å². The number of fused-ring (bicyclic) bond motifs is 1. The lowest BCUT2D eigenvalue weighted by molar-refractivity contribution is -0.373. The van der Waals surface area contributed by atoms with Crippen LogP contribution in [0.2, 0.25) is 0 Å². The fraction of sp³-hybridized carbons (Fsp3) is 1.00. The van der Waals surface area contributed by atoms with E-state index in [4.69, 9.17) is 40.9 Å². The molecular formula is C22H43N5O10. The monoisotopic (exact) mass is 537 g/mol. The van der Waals surface area contributed by atoms with E-state index in [1.165, 1.54) is 0 Å². The summed E-state index contributed by atoms with van der Waals surface area (Å²) in [6.07, 6.45) is -10.2. The van der Waals surface area contributed by atoms with E-state index in [0.717, 1.165) is 0 Å². The van der Waals surface area contributed by atoms with Gasteiger partial charge in [0, 0.05) is 12.1 Å². The second-order valence-electron chi connectivity index (χ2n) is 10.4. The average molecular weight is 538 g/mol. The summed E-state index contributed by atoms with van der Waals surface area (Å²) in [6.45, 7) is -0.418. The normalized spacial score (nSPS) is 53.0. The fourth-order valence-corrected chi connectivity index (χ4v) is 5.81. The standard InChI is InChI=1S/C22H43N5O10/c1-26-13-12(6-28)34-22(17(32)15(13)30)37-21-14(27-2)16(31)19-11(33-21)5-9(25)20(36-19)35-18-8(24)3-7(23)4-10(18)29/h7-22,26-32H,3-6,23-25H2,1-2H3/t7-,8?,9?,10?,11+,12?,13-,14?,15?,16?,17?,18-,19?,20+,21?,22-/m1/s1. The molecule has 0 spiro atoms. The van der Waals surface area contributed by atoms with Gasteiger partial charge >= 0.3 is 0 Å². The van der Waals surface area contributed by atoms with Gasteiger partial charge in [-0.1, -0.05) is 0 Å². The van der Waals surface area contributed by atoms with Gasteiger partial charge in [-0.15, -0.1) is 0 Å². The van der Waals surface area contributed by atoms with Crippen LogP contribution in [-0.4, -0.2) is 144 Å².